The molecule has 2 aromatic rings. The average Bonchev–Trinajstić information content (AvgIpc) is 3.26. The summed E-state index contributed by atoms with van der Waals surface area (Å²) in [5, 5.41) is 0. The molecule has 7 nitrogen and oxygen atoms in total. The number of piperidine rings is 1. The van der Waals surface area contributed by atoms with Crippen molar-refractivity contribution < 1.29 is 23.0 Å². The van der Waals surface area contributed by atoms with Crippen molar-refractivity contribution in [2.24, 2.45) is 0 Å². The predicted molar refractivity (Wildman–Crippen MR) is 103 cm³/mol. The molecule has 158 valence electrons. The van der Waals surface area contributed by atoms with E-state index < -0.39 is 17.2 Å². The summed E-state index contributed by atoms with van der Waals surface area (Å²) in [6.45, 7) is 1.14. The van der Waals surface area contributed by atoms with Gasteiger partial charge in [-0.15, -0.1) is 0 Å². The Balaban J connectivity index is 1.33. The van der Waals surface area contributed by atoms with Crippen molar-refractivity contribution in [3.63, 3.8) is 0 Å². The number of ether oxygens (including phenoxy) is 2. The summed E-state index contributed by atoms with van der Waals surface area (Å²) in [6.07, 6.45) is 3.57. The summed E-state index contributed by atoms with van der Waals surface area (Å²) < 4.78 is 38.9. The molecule has 3 aliphatic rings. The zero-order chi connectivity index (χ0) is 20.9. The fourth-order valence-corrected chi connectivity index (χ4v) is 4.81. The Kier molecular flexibility index (Phi) is 4.57. The van der Waals surface area contributed by atoms with E-state index in [-0.39, 0.29) is 18.2 Å². The van der Waals surface area contributed by atoms with Crippen LogP contribution < -0.4 is 9.64 Å². The third-order valence-corrected chi connectivity index (χ3v) is 6.27. The number of nitrogens with zero attached hydrogens (tertiary/aromatic N) is 4. The van der Waals surface area contributed by atoms with E-state index >= 15 is 0 Å². The van der Waals surface area contributed by atoms with Crippen LogP contribution in [0, 0.1) is 11.6 Å². The van der Waals surface area contributed by atoms with Gasteiger partial charge in [0, 0.05) is 44.3 Å². The molecule has 2 atom stereocenters. The van der Waals surface area contributed by atoms with Crippen LogP contribution in [-0.4, -0.2) is 52.8 Å². The van der Waals surface area contributed by atoms with Crippen molar-refractivity contribution in [2.75, 3.05) is 25.1 Å². The summed E-state index contributed by atoms with van der Waals surface area (Å²) in [7, 11) is 1.55. The van der Waals surface area contributed by atoms with Gasteiger partial charge in [-0.05, 0) is 30.5 Å². The average molecular weight is 416 g/mol. The van der Waals surface area contributed by atoms with Crippen LogP contribution in [0.2, 0.25) is 0 Å². The van der Waals surface area contributed by atoms with Gasteiger partial charge < -0.3 is 19.3 Å². The van der Waals surface area contributed by atoms with Gasteiger partial charge >= 0.3 is 0 Å². The lowest BCUT2D eigenvalue weighted by Gasteiger charge is -2.37. The normalized spacial score (nSPS) is 25.1. The van der Waals surface area contributed by atoms with Gasteiger partial charge in [0.1, 0.15) is 17.9 Å². The molecule has 5 rings (SSSR count). The lowest BCUT2D eigenvalue weighted by molar-refractivity contribution is -0.140. The summed E-state index contributed by atoms with van der Waals surface area (Å²) in [4.78, 5) is 25.8. The Morgan fingerprint density at radius 1 is 1.17 bits per heavy atom. The van der Waals surface area contributed by atoms with E-state index in [1.165, 1.54) is 12.1 Å². The Morgan fingerprint density at radius 3 is 2.60 bits per heavy atom. The molecule has 30 heavy (non-hydrogen) atoms. The number of methoxy groups -OCH3 is 1. The standard InChI is InChI=1S/C21H22F2N4O3/c1-29-17-4-7-24-20(25-17)26-8-5-21(6-9-26)19(28)27-16(2-3-18(27)30-21)13-10-14(22)12-15(23)11-13/h4,7,10-12,16,18H,2-3,5-6,8-9H2,1H3/t16-,18+/m0/s1. The van der Waals surface area contributed by atoms with Gasteiger partial charge in [-0.1, -0.05) is 0 Å². The first kappa shape index (κ1) is 19.2. The summed E-state index contributed by atoms with van der Waals surface area (Å²) in [5.41, 5.74) is -0.420. The molecular formula is C21H22F2N4O3. The Morgan fingerprint density at radius 2 is 1.90 bits per heavy atom. The van der Waals surface area contributed by atoms with Crippen LogP contribution in [-0.2, 0) is 9.53 Å². The van der Waals surface area contributed by atoms with Gasteiger partial charge in [-0.3, -0.25) is 4.79 Å². The van der Waals surface area contributed by atoms with Crippen LogP contribution in [0.3, 0.4) is 0 Å². The van der Waals surface area contributed by atoms with Gasteiger partial charge in [0.25, 0.3) is 5.91 Å². The lowest BCUT2D eigenvalue weighted by atomic mass is 9.89. The second-order valence-electron chi connectivity index (χ2n) is 7.96. The number of rotatable bonds is 3. The lowest BCUT2D eigenvalue weighted by Crippen LogP contribution is -2.50. The molecule has 0 N–H and O–H groups in total. The molecule has 4 heterocycles. The number of halogens is 2. The first-order valence-electron chi connectivity index (χ1n) is 10.1. The van der Waals surface area contributed by atoms with Crippen molar-refractivity contribution in [3.05, 3.63) is 47.7 Å². The SMILES string of the molecule is COc1ccnc(N2CCC3(CC2)O[C@@H]2CC[C@@H](c4cc(F)cc(F)c4)N2C3=O)n1. The van der Waals surface area contributed by atoms with Gasteiger partial charge in [0.05, 0.1) is 13.2 Å². The molecule has 0 unspecified atom stereocenters. The number of carbonyl (C=O) groups is 1. The van der Waals surface area contributed by atoms with Crippen LogP contribution in [0.4, 0.5) is 14.7 Å². The second kappa shape index (κ2) is 7.16. The van der Waals surface area contributed by atoms with E-state index in [0.29, 0.717) is 56.2 Å². The molecular weight excluding hydrogens is 394 g/mol. The molecule has 1 spiro atoms. The van der Waals surface area contributed by atoms with E-state index in [4.69, 9.17) is 9.47 Å². The fraction of sp³-hybridized carbons (Fsp3) is 0.476. The molecule has 3 aliphatic heterocycles. The van der Waals surface area contributed by atoms with Gasteiger partial charge in [-0.2, -0.15) is 4.98 Å². The number of aromatic nitrogens is 2. The number of carbonyl (C=O) groups excluding carboxylic acids is 1. The highest BCUT2D eigenvalue weighted by molar-refractivity contribution is 5.88. The zero-order valence-corrected chi connectivity index (χ0v) is 16.6. The topological polar surface area (TPSA) is 67.8 Å². The molecule has 0 aliphatic carbocycles. The van der Waals surface area contributed by atoms with Crippen LogP contribution in [0.5, 0.6) is 5.88 Å². The Bertz CT molecular complexity index is 960. The van der Waals surface area contributed by atoms with Gasteiger partial charge in [-0.25, -0.2) is 13.8 Å². The van der Waals surface area contributed by atoms with E-state index in [1.807, 2.05) is 4.90 Å². The number of anilines is 1. The number of hydrogen-bond donors (Lipinski definition) is 0. The maximum absolute atomic E-state index is 13.7. The third kappa shape index (κ3) is 3.08. The predicted octanol–water partition coefficient (Wildman–Crippen LogP) is 2.82. The van der Waals surface area contributed by atoms with E-state index in [2.05, 4.69) is 9.97 Å². The molecule has 0 saturated carbocycles. The highest BCUT2D eigenvalue weighted by Crippen LogP contribution is 2.47. The van der Waals surface area contributed by atoms with E-state index in [1.54, 1.807) is 24.3 Å². The number of fused-ring (bicyclic) bond motifs is 1. The largest absolute Gasteiger partial charge is 0.481 e. The molecule has 3 fully saturated rings. The molecule has 3 saturated heterocycles. The molecule has 1 aromatic carbocycles. The molecule has 1 amide bonds. The van der Waals surface area contributed by atoms with Crippen molar-refractivity contribution in [1.29, 1.82) is 0 Å². The van der Waals surface area contributed by atoms with Gasteiger partial charge in [0.15, 0.2) is 5.60 Å². The second-order valence-corrected chi connectivity index (χ2v) is 7.96. The number of benzene rings is 1. The molecule has 1 aromatic heterocycles. The summed E-state index contributed by atoms with van der Waals surface area (Å²) in [5.74, 6) is -0.321. The first-order valence-corrected chi connectivity index (χ1v) is 10.1. The van der Waals surface area contributed by atoms with Crippen molar-refractivity contribution in [1.82, 2.24) is 14.9 Å². The minimum Gasteiger partial charge on any atom is -0.481 e. The van der Waals surface area contributed by atoms with Crippen molar-refractivity contribution in [2.45, 2.75) is 43.6 Å². The third-order valence-electron chi connectivity index (χ3n) is 6.27. The number of amides is 1. The minimum atomic E-state index is -0.898. The fourth-order valence-electron chi connectivity index (χ4n) is 4.81. The van der Waals surface area contributed by atoms with E-state index in [0.717, 1.165) is 6.07 Å². The van der Waals surface area contributed by atoms with Crippen LogP contribution in [0.25, 0.3) is 0 Å². The summed E-state index contributed by atoms with van der Waals surface area (Å²) >= 11 is 0. The monoisotopic (exact) mass is 416 g/mol. The Hall–Kier alpha value is -2.81. The van der Waals surface area contributed by atoms with Crippen LogP contribution in [0.15, 0.2) is 30.5 Å². The maximum Gasteiger partial charge on any atom is 0.257 e. The quantitative estimate of drug-likeness (QED) is 0.767. The molecule has 0 bridgehead atoms. The zero-order valence-electron chi connectivity index (χ0n) is 16.6. The van der Waals surface area contributed by atoms with Crippen molar-refractivity contribution >= 4 is 11.9 Å². The highest BCUT2D eigenvalue weighted by Gasteiger charge is 2.58. The Labute approximate surface area is 172 Å². The minimum absolute atomic E-state index is 0.0918. The highest BCUT2D eigenvalue weighted by atomic mass is 19.1. The maximum atomic E-state index is 13.7. The van der Waals surface area contributed by atoms with E-state index in [9.17, 15) is 13.6 Å². The van der Waals surface area contributed by atoms with Crippen LogP contribution >= 0.6 is 0 Å². The smallest absolute Gasteiger partial charge is 0.257 e. The number of hydrogen-bond acceptors (Lipinski definition) is 6. The summed E-state index contributed by atoms with van der Waals surface area (Å²) in [6, 6.07) is 4.76. The molecule has 9 heteroatoms. The molecule has 0 radical (unpaired) electrons. The first-order chi connectivity index (χ1) is 14.5. The van der Waals surface area contributed by atoms with Crippen LogP contribution in [0.1, 0.15) is 37.3 Å². The van der Waals surface area contributed by atoms with Gasteiger partial charge in [0.2, 0.25) is 11.8 Å². The van der Waals surface area contributed by atoms with Crippen molar-refractivity contribution in [3.8, 4) is 5.88 Å².